The van der Waals surface area contributed by atoms with Crippen molar-refractivity contribution < 1.29 is 13.2 Å². The van der Waals surface area contributed by atoms with Gasteiger partial charge in [-0.05, 0) is 57.1 Å². The molecule has 6 heteroatoms. The van der Waals surface area contributed by atoms with Crippen LogP contribution in [0, 0.1) is 24.2 Å². The molecule has 0 spiro atoms. The van der Waals surface area contributed by atoms with Crippen LogP contribution in [0.4, 0.5) is 0 Å². The van der Waals surface area contributed by atoms with Crippen molar-refractivity contribution in [3.63, 3.8) is 0 Å². The average molecular weight is 405 g/mol. The lowest BCUT2D eigenvalue weighted by atomic mass is 10.1. The second-order valence-corrected chi connectivity index (χ2v) is 11.0. The Labute approximate surface area is 169 Å². The molecule has 1 amide bonds. The summed E-state index contributed by atoms with van der Waals surface area (Å²) >= 11 is 0. The number of amides is 1. The van der Waals surface area contributed by atoms with Crippen molar-refractivity contribution >= 4 is 15.9 Å². The molecular formula is C22H32N2O3S. The maximum atomic E-state index is 12.8. The van der Waals surface area contributed by atoms with Gasteiger partial charge < -0.3 is 5.32 Å². The van der Waals surface area contributed by atoms with Gasteiger partial charge >= 0.3 is 0 Å². The summed E-state index contributed by atoms with van der Waals surface area (Å²) in [5.41, 5.74) is 2.27. The number of nitrogens with one attached hydrogen (secondary N) is 1. The third-order valence-corrected chi connectivity index (χ3v) is 8.08. The largest absolute Gasteiger partial charge is 0.353 e. The summed E-state index contributed by atoms with van der Waals surface area (Å²) in [5, 5.41) is 3.17. The van der Waals surface area contributed by atoms with Crippen LogP contribution < -0.4 is 5.32 Å². The number of benzene rings is 1. The highest BCUT2D eigenvalue weighted by Crippen LogP contribution is 2.59. The van der Waals surface area contributed by atoms with Crippen LogP contribution in [0.15, 0.2) is 40.8 Å². The first-order chi connectivity index (χ1) is 13.0. The van der Waals surface area contributed by atoms with Gasteiger partial charge in [-0.15, -0.1) is 0 Å². The number of carbonyl (C=O) groups is 1. The summed E-state index contributed by atoms with van der Waals surface area (Å²) in [4.78, 5) is 13.1. The molecule has 28 heavy (non-hydrogen) atoms. The molecule has 1 heterocycles. The highest BCUT2D eigenvalue weighted by atomic mass is 32.2. The van der Waals surface area contributed by atoms with E-state index in [1.165, 1.54) is 9.88 Å². The summed E-state index contributed by atoms with van der Waals surface area (Å²) in [6, 6.07) is 7.01. The minimum Gasteiger partial charge on any atom is -0.353 e. The Morgan fingerprint density at radius 3 is 2.25 bits per heavy atom. The number of rotatable bonds is 5. The van der Waals surface area contributed by atoms with Crippen molar-refractivity contribution in [3.8, 4) is 0 Å². The molecule has 5 nitrogen and oxygen atoms in total. The number of carbonyl (C=O) groups excluding carboxylic acids is 1. The lowest BCUT2D eigenvalue weighted by Crippen LogP contribution is -2.47. The van der Waals surface area contributed by atoms with Gasteiger partial charge in [-0.1, -0.05) is 43.2 Å². The zero-order chi connectivity index (χ0) is 20.7. The Hall–Kier alpha value is -1.66. The topological polar surface area (TPSA) is 66.5 Å². The molecule has 2 fully saturated rings. The average Bonchev–Trinajstić information content (AvgIpc) is 3.15. The lowest BCUT2D eigenvalue weighted by Gasteiger charge is -2.31. The molecule has 1 aliphatic heterocycles. The van der Waals surface area contributed by atoms with Crippen molar-refractivity contribution in [2.24, 2.45) is 17.3 Å². The predicted octanol–water partition coefficient (Wildman–Crippen LogP) is 3.50. The Morgan fingerprint density at radius 1 is 1.14 bits per heavy atom. The van der Waals surface area contributed by atoms with Crippen molar-refractivity contribution in [3.05, 3.63) is 41.5 Å². The highest BCUT2D eigenvalue weighted by Gasteiger charge is 2.60. The minimum absolute atomic E-state index is 0.00314. The number of hydrogen-bond donors (Lipinski definition) is 1. The standard InChI is InChI=1S/C22H32N2O3S/c1-15(2)14-19-20(22(19,4)5)21(25)23-17-10-12-24(13-11-17)28(26,27)18-8-6-16(3)7-9-18/h6-9,14,17,19-20H,10-13H2,1-5H3,(H,23,25). The summed E-state index contributed by atoms with van der Waals surface area (Å²) < 4.78 is 27.2. The van der Waals surface area contributed by atoms with Crippen LogP contribution in [0.1, 0.15) is 46.1 Å². The fourth-order valence-corrected chi connectivity index (χ4v) is 5.71. The Morgan fingerprint density at radius 2 is 1.71 bits per heavy atom. The summed E-state index contributed by atoms with van der Waals surface area (Å²) in [7, 11) is -3.46. The summed E-state index contributed by atoms with van der Waals surface area (Å²) in [6.07, 6.45) is 3.50. The van der Waals surface area contributed by atoms with Gasteiger partial charge in [0.2, 0.25) is 15.9 Å². The van der Waals surface area contributed by atoms with Gasteiger partial charge in [-0.25, -0.2) is 8.42 Å². The third-order valence-electron chi connectivity index (χ3n) is 6.17. The van der Waals surface area contributed by atoms with Crippen molar-refractivity contribution in [1.29, 1.82) is 0 Å². The number of allylic oxidation sites excluding steroid dienone is 2. The van der Waals surface area contributed by atoms with Crippen LogP contribution in [-0.2, 0) is 14.8 Å². The van der Waals surface area contributed by atoms with Crippen molar-refractivity contribution in [2.75, 3.05) is 13.1 Å². The first-order valence-electron chi connectivity index (χ1n) is 10.1. The van der Waals surface area contributed by atoms with Crippen molar-refractivity contribution in [2.45, 2.75) is 58.4 Å². The molecule has 1 saturated heterocycles. The Balaban J connectivity index is 1.57. The highest BCUT2D eigenvalue weighted by molar-refractivity contribution is 7.89. The second kappa shape index (κ2) is 7.64. The lowest BCUT2D eigenvalue weighted by molar-refractivity contribution is -0.124. The number of sulfonamides is 1. The van der Waals surface area contributed by atoms with Gasteiger partial charge in [-0.2, -0.15) is 4.31 Å². The smallest absolute Gasteiger partial charge is 0.243 e. The molecular weight excluding hydrogens is 372 g/mol. The molecule has 2 aliphatic rings. The SMILES string of the molecule is CC(C)=CC1C(C(=O)NC2CCN(S(=O)(=O)c3ccc(C)cc3)CC2)C1(C)C. The quantitative estimate of drug-likeness (QED) is 0.764. The maximum absolute atomic E-state index is 12.8. The number of nitrogens with zero attached hydrogens (tertiary/aromatic N) is 1. The van der Waals surface area contributed by atoms with E-state index in [0.717, 1.165) is 5.56 Å². The van der Waals surface area contributed by atoms with Crippen LogP contribution in [-0.4, -0.2) is 37.8 Å². The molecule has 1 N–H and O–H groups in total. The van der Waals surface area contributed by atoms with E-state index in [-0.39, 0.29) is 23.3 Å². The zero-order valence-corrected chi connectivity index (χ0v) is 18.3. The van der Waals surface area contributed by atoms with Crippen LogP contribution in [0.5, 0.6) is 0 Å². The first-order valence-corrected chi connectivity index (χ1v) is 11.5. The normalized spacial score (nSPS) is 25.2. The fraction of sp³-hybridized carbons (Fsp3) is 0.591. The predicted molar refractivity (Wildman–Crippen MR) is 111 cm³/mol. The second-order valence-electron chi connectivity index (χ2n) is 9.07. The number of aryl methyl sites for hydroxylation is 1. The van der Waals surface area contributed by atoms with Gasteiger partial charge in [0.05, 0.1) is 10.8 Å². The van der Waals surface area contributed by atoms with E-state index in [0.29, 0.717) is 36.7 Å². The van der Waals surface area contributed by atoms with Gasteiger partial charge in [0.25, 0.3) is 0 Å². The Kier molecular flexibility index (Phi) is 5.74. The molecule has 1 aromatic rings. The van der Waals surface area contributed by atoms with Crippen LogP contribution in [0.2, 0.25) is 0 Å². The van der Waals surface area contributed by atoms with Crippen LogP contribution >= 0.6 is 0 Å². The third kappa shape index (κ3) is 4.18. The molecule has 0 bridgehead atoms. The fourth-order valence-electron chi connectivity index (χ4n) is 4.24. The van der Waals surface area contributed by atoms with Gasteiger partial charge in [0.1, 0.15) is 0 Å². The van der Waals surface area contributed by atoms with Crippen LogP contribution in [0.25, 0.3) is 0 Å². The van der Waals surface area contributed by atoms with Gasteiger partial charge in [0.15, 0.2) is 0 Å². The first kappa shape index (κ1) is 21.1. The molecule has 0 aromatic heterocycles. The van der Waals surface area contributed by atoms with E-state index in [2.05, 4.69) is 39.1 Å². The monoisotopic (exact) mass is 404 g/mol. The number of hydrogen-bond acceptors (Lipinski definition) is 3. The van der Waals surface area contributed by atoms with Gasteiger partial charge in [-0.3, -0.25) is 4.79 Å². The van der Waals surface area contributed by atoms with E-state index >= 15 is 0 Å². The zero-order valence-electron chi connectivity index (χ0n) is 17.5. The molecule has 154 valence electrons. The molecule has 3 rings (SSSR count). The van der Waals surface area contributed by atoms with E-state index in [1.54, 1.807) is 12.1 Å². The number of piperidine rings is 1. The van der Waals surface area contributed by atoms with E-state index in [1.807, 2.05) is 19.1 Å². The molecule has 1 aromatic carbocycles. The molecule has 0 radical (unpaired) electrons. The summed E-state index contributed by atoms with van der Waals surface area (Å²) in [6.45, 7) is 11.2. The van der Waals surface area contributed by atoms with E-state index < -0.39 is 10.0 Å². The van der Waals surface area contributed by atoms with E-state index in [4.69, 9.17) is 0 Å². The maximum Gasteiger partial charge on any atom is 0.243 e. The van der Waals surface area contributed by atoms with Crippen molar-refractivity contribution in [1.82, 2.24) is 9.62 Å². The Bertz CT molecular complexity index is 860. The molecule has 2 atom stereocenters. The molecule has 1 aliphatic carbocycles. The van der Waals surface area contributed by atoms with Gasteiger partial charge in [0, 0.05) is 19.1 Å². The minimum atomic E-state index is -3.46. The van der Waals surface area contributed by atoms with E-state index in [9.17, 15) is 13.2 Å². The molecule has 1 saturated carbocycles. The summed E-state index contributed by atoms with van der Waals surface area (Å²) in [5.74, 6) is 0.406. The van der Waals surface area contributed by atoms with Crippen LogP contribution in [0.3, 0.4) is 0 Å². The molecule has 2 unspecified atom stereocenters.